The van der Waals surface area contributed by atoms with Gasteiger partial charge < -0.3 is 14.2 Å². The average molecular weight is 228 g/mol. The first kappa shape index (κ1) is 11.9. The quantitative estimate of drug-likeness (QED) is 0.544. The molecule has 0 N–H and O–H groups in total. The van der Waals surface area contributed by atoms with Gasteiger partial charge in [0, 0.05) is 6.42 Å². The highest BCUT2D eigenvalue weighted by molar-refractivity contribution is 5.85. The van der Waals surface area contributed by atoms with Crippen molar-refractivity contribution >= 4 is 5.97 Å². The topological polar surface area (TPSA) is 48.1 Å². The van der Waals surface area contributed by atoms with Crippen LogP contribution in [0.1, 0.15) is 40.5 Å². The van der Waals surface area contributed by atoms with Gasteiger partial charge in [0.15, 0.2) is 5.60 Å². The SMILES string of the molecule is CCOC(=O)C1(CC)OC12CCOC2(C)C. The van der Waals surface area contributed by atoms with Gasteiger partial charge in [0.25, 0.3) is 0 Å². The minimum atomic E-state index is -0.775. The van der Waals surface area contributed by atoms with Crippen LogP contribution in [0.5, 0.6) is 0 Å². The highest BCUT2D eigenvalue weighted by Gasteiger charge is 2.81. The lowest BCUT2D eigenvalue weighted by Crippen LogP contribution is -2.45. The maximum absolute atomic E-state index is 12.0. The monoisotopic (exact) mass is 228 g/mol. The van der Waals surface area contributed by atoms with Crippen LogP contribution in [-0.2, 0) is 19.0 Å². The highest BCUT2D eigenvalue weighted by atomic mass is 16.7. The molecule has 16 heavy (non-hydrogen) atoms. The number of hydrogen-bond donors (Lipinski definition) is 0. The summed E-state index contributed by atoms with van der Waals surface area (Å²) in [5.41, 5.74) is -1.65. The molecule has 0 aromatic rings. The van der Waals surface area contributed by atoms with Gasteiger partial charge in [-0.3, -0.25) is 0 Å². The van der Waals surface area contributed by atoms with Gasteiger partial charge in [-0.25, -0.2) is 4.79 Å². The molecule has 0 radical (unpaired) electrons. The van der Waals surface area contributed by atoms with Crippen molar-refractivity contribution in [1.82, 2.24) is 0 Å². The first-order chi connectivity index (χ1) is 7.46. The molecular weight excluding hydrogens is 208 g/mol. The van der Waals surface area contributed by atoms with Gasteiger partial charge in [0.2, 0.25) is 0 Å². The van der Waals surface area contributed by atoms with Gasteiger partial charge in [-0.2, -0.15) is 0 Å². The predicted octanol–water partition coefficient (Wildman–Crippen LogP) is 1.67. The van der Waals surface area contributed by atoms with Crippen molar-refractivity contribution in [3.63, 3.8) is 0 Å². The summed E-state index contributed by atoms with van der Waals surface area (Å²) in [4.78, 5) is 12.0. The Kier molecular flexibility index (Phi) is 2.55. The van der Waals surface area contributed by atoms with E-state index in [0.717, 1.165) is 6.42 Å². The van der Waals surface area contributed by atoms with E-state index in [1.807, 2.05) is 27.7 Å². The molecule has 0 aliphatic carbocycles. The number of carbonyl (C=O) groups is 1. The van der Waals surface area contributed by atoms with E-state index in [1.54, 1.807) is 0 Å². The van der Waals surface area contributed by atoms with E-state index in [2.05, 4.69) is 0 Å². The Bertz CT molecular complexity index is 312. The highest BCUT2D eigenvalue weighted by Crippen LogP contribution is 2.62. The number of ether oxygens (including phenoxy) is 3. The smallest absolute Gasteiger partial charge is 0.341 e. The molecule has 0 saturated carbocycles. The molecular formula is C12H20O4. The summed E-state index contributed by atoms with van der Waals surface area (Å²) in [7, 11) is 0. The molecule has 0 amide bonds. The van der Waals surface area contributed by atoms with Gasteiger partial charge in [-0.1, -0.05) is 6.92 Å². The Morgan fingerprint density at radius 3 is 2.50 bits per heavy atom. The minimum absolute atomic E-state index is 0.240. The van der Waals surface area contributed by atoms with Crippen LogP contribution in [0.3, 0.4) is 0 Å². The zero-order chi connectivity index (χ0) is 12.0. The molecule has 2 unspecified atom stereocenters. The minimum Gasteiger partial charge on any atom is -0.464 e. The molecule has 0 aromatic carbocycles. The predicted molar refractivity (Wildman–Crippen MR) is 58.1 cm³/mol. The zero-order valence-electron chi connectivity index (χ0n) is 10.5. The van der Waals surface area contributed by atoms with E-state index >= 15 is 0 Å². The molecule has 92 valence electrons. The standard InChI is InChI=1S/C12H20O4/c1-5-11(9(13)14-6-2)12(16-11)7-8-15-10(12,3)4/h5-8H2,1-4H3. The molecule has 2 aliphatic heterocycles. The van der Waals surface area contributed by atoms with Crippen molar-refractivity contribution in [2.45, 2.75) is 57.3 Å². The molecule has 0 aromatic heterocycles. The van der Waals surface area contributed by atoms with Crippen LogP contribution in [0.2, 0.25) is 0 Å². The summed E-state index contributed by atoms with van der Waals surface area (Å²) in [6.45, 7) is 8.77. The second-order valence-electron chi connectivity index (χ2n) is 4.94. The maximum atomic E-state index is 12.0. The number of rotatable bonds is 3. The molecule has 4 nitrogen and oxygen atoms in total. The number of epoxide rings is 1. The molecule has 2 atom stereocenters. The number of carbonyl (C=O) groups excluding carboxylic acids is 1. The van der Waals surface area contributed by atoms with Gasteiger partial charge in [0.1, 0.15) is 5.60 Å². The molecule has 2 saturated heterocycles. The second kappa shape index (κ2) is 3.44. The van der Waals surface area contributed by atoms with Crippen molar-refractivity contribution < 1.29 is 19.0 Å². The normalized spacial score (nSPS) is 40.0. The summed E-state index contributed by atoms with van der Waals surface area (Å²) < 4.78 is 16.6. The molecule has 2 heterocycles. The summed E-state index contributed by atoms with van der Waals surface area (Å²) in [6.07, 6.45) is 1.41. The van der Waals surface area contributed by atoms with Crippen molar-refractivity contribution in [2.75, 3.05) is 13.2 Å². The van der Waals surface area contributed by atoms with Gasteiger partial charge in [-0.05, 0) is 27.2 Å². The van der Waals surface area contributed by atoms with Gasteiger partial charge in [0.05, 0.1) is 18.8 Å². The largest absolute Gasteiger partial charge is 0.464 e. The van der Waals surface area contributed by atoms with Crippen LogP contribution in [0, 0.1) is 0 Å². The zero-order valence-corrected chi connectivity index (χ0v) is 10.5. The Balaban J connectivity index is 2.25. The van der Waals surface area contributed by atoms with E-state index in [0.29, 0.717) is 19.6 Å². The number of esters is 1. The van der Waals surface area contributed by atoms with Crippen molar-refractivity contribution in [1.29, 1.82) is 0 Å². The van der Waals surface area contributed by atoms with Crippen LogP contribution in [0.4, 0.5) is 0 Å². The lowest BCUT2D eigenvalue weighted by Gasteiger charge is -2.25. The fourth-order valence-electron chi connectivity index (χ4n) is 2.96. The third kappa shape index (κ3) is 1.20. The first-order valence-corrected chi connectivity index (χ1v) is 5.97. The third-order valence-electron chi connectivity index (χ3n) is 3.95. The van der Waals surface area contributed by atoms with E-state index in [1.165, 1.54) is 0 Å². The molecule has 0 bridgehead atoms. The summed E-state index contributed by atoms with van der Waals surface area (Å²) in [6, 6.07) is 0. The lowest BCUT2D eigenvalue weighted by atomic mass is 9.78. The summed E-state index contributed by atoms with van der Waals surface area (Å²) in [5.74, 6) is -0.240. The van der Waals surface area contributed by atoms with Crippen molar-refractivity contribution in [3.05, 3.63) is 0 Å². The molecule has 4 heteroatoms. The maximum Gasteiger partial charge on any atom is 0.341 e. The van der Waals surface area contributed by atoms with Crippen molar-refractivity contribution in [3.8, 4) is 0 Å². The Hall–Kier alpha value is -0.610. The Morgan fingerprint density at radius 1 is 1.38 bits per heavy atom. The Morgan fingerprint density at radius 2 is 2.06 bits per heavy atom. The Labute approximate surface area is 96.2 Å². The fraction of sp³-hybridized carbons (Fsp3) is 0.917. The summed E-state index contributed by atoms with van der Waals surface area (Å²) in [5, 5.41) is 0. The van der Waals surface area contributed by atoms with Crippen LogP contribution in [0.25, 0.3) is 0 Å². The van der Waals surface area contributed by atoms with Crippen LogP contribution in [-0.4, -0.2) is 36.0 Å². The van der Waals surface area contributed by atoms with Gasteiger partial charge in [-0.15, -0.1) is 0 Å². The van der Waals surface area contributed by atoms with Crippen LogP contribution in [0.15, 0.2) is 0 Å². The van der Waals surface area contributed by atoms with Crippen LogP contribution < -0.4 is 0 Å². The molecule has 2 aliphatic rings. The molecule has 2 rings (SSSR count). The first-order valence-electron chi connectivity index (χ1n) is 5.97. The number of hydrogen-bond acceptors (Lipinski definition) is 4. The van der Waals surface area contributed by atoms with E-state index < -0.39 is 16.8 Å². The third-order valence-corrected chi connectivity index (χ3v) is 3.95. The molecule has 1 spiro atoms. The fourth-order valence-corrected chi connectivity index (χ4v) is 2.96. The van der Waals surface area contributed by atoms with Crippen molar-refractivity contribution in [2.24, 2.45) is 0 Å². The second-order valence-corrected chi connectivity index (χ2v) is 4.94. The average Bonchev–Trinajstić information content (AvgIpc) is 2.80. The van der Waals surface area contributed by atoms with Gasteiger partial charge >= 0.3 is 5.97 Å². The van der Waals surface area contributed by atoms with Crippen LogP contribution >= 0.6 is 0 Å². The summed E-state index contributed by atoms with van der Waals surface area (Å²) >= 11 is 0. The molecule has 2 fully saturated rings. The van der Waals surface area contributed by atoms with E-state index in [-0.39, 0.29) is 5.97 Å². The van der Waals surface area contributed by atoms with E-state index in [9.17, 15) is 4.79 Å². The van der Waals surface area contributed by atoms with E-state index in [4.69, 9.17) is 14.2 Å². The lowest BCUT2D eigenvalue weighted by molar-refractivity contribution is -0.149.